The average Bonchev–Trinajstić information content (AvgIpc) is 2.95. The molecule has 1 aliphatic rings. The molecule has 0 spiro atoms. The molecule has 0 radical (unpaired) electrons. The number of rotatable bonds is 3. The summed E-state index contributed by atoms with van der Waals surface area (Å²) in [4.78, 5) is 28.5. The molecular formula is C17H24N6O2. The lowest BCUT2D eigenvalue weighted by Crippen LogP contribution is -2.51. The number of hydrogen-bond acceptors (Lipinski definition) is 4. The van der Waals surface area contributed by atoms with Gasteiger partial charge in [-0.3, -0.25) is 9.47 Å². The number of piperazine rings is 1. The van der Waals surface area contributed by atoms with Crippen LogP contribution in [-0.2, 0) is 7.05 Å². The zero-order chi connectivity index (χ0) is 18.0. The highest BCUT2D eigenvalue weighted by Gasteiger charge is 2.22. The zero-order valence-corrected chi connectivity index (χ0v) is 14.8. The number of carbonyl (C=O) groups excluding carboxylic acids is 1. The predicted octanol–water partition coefficient (Wildman–Crippen LogP) is 1.13. The first-order valence-electron chi connectivity index (χ1n) is 8.47. The molecule has 1 fully saturated rings. The first-order chi connectivity index (χ1) is 12.0. The summed E-state index contributed by atoms with van der Waals surface area (Å²) >= 11 is 0. The van der Waals surface area contributed by atoms with Crippen LogP contribution in [0.3, 0.4) is 0 Å². The summed E-state index contributed by atoms with van der Waals surface area (Å²) in [6, 6.07) is 7.50. The number of benzene rings is 1. The van der Waals surface area contributed by atoms with Gasteiger partial charge < -0.3 is 10.2 Å². The number of anilines is 1. The van der Waals surface area contributed by atoms with Crippen LogP contribution < -0.4 is 11.0 Å². The number of urea groups is 1. The van der Waals surface area contributed by atoms with Crippen LogP contribution >= 0.6 is 0 Å². The molecular weight excluding hydrogens is 320 g/mol. The number of carbonyl (C=O) groups is 1. The van der Waals surface area contributed by atoms with Gasteiger partial charge in [-0.25, -0.2) is 9.59 Å². The Hall–Kier alpha value is -2.61. The van der Waals surface area contributed by atoms with Crippen LogP contribution in [0, 0.1) is 0 Å². The van der Waals surface area contributed by atoms with Crippen molar-refractivity contribution in [3.63, 3.8) is 0 Å². The van der Waals surface area contributed by atoms with Crippen LogP contribution in [0.1, 0.15) is 13.8 Å². The molecule has 0 unspecified atom stereocenters. The molecule has 25 heavy (non-hydrogen) atoms. The fourth-order valence-electron chi connectivity index (χ4n) is 2.88. The summed E-state index contributed by atoms with van der Waals surface area (Å²) in [5, 5.41) is 6.95. The Bertz CT molecular complexity index is 784. The van der Waals surface area contributed by atoms with E-state index >= 15 is 0 Å². The van der Waals surface area contributed by atoms with Gasteiger partial charge in [-0.05, 0) is 38.1 Å². The van der Waals surface area contributed by atoms with Crippen LogP contribution in [-0.4, -0.2) is 62.4 Å². The van der Waals surface area contributed by atoms with E-state index in [-0.39, 0.29) is 11.7 Å². The highest BCUT2D eigenvalue weighted by molar-refractivity contribution is 5.89. The Labute approximate surface area is 146 Å². The quantitative estimate of drug-likeness (QED) is 0.906. The summed E-state index contributed by atoms with van der Waals surface area (Å²) in [5.74, 6) is 0. The van der Waals surface area contributed by atoms with Gasteiger partial charge in [0, 0.05) is 45.0 Å². The second-order valence-electron chi connectivity index (χ2n) is 6.53. The summed E-state index contributed by atoms with van der Waals surface area (Å²) in [6.45, 7) is 7.59. The Morgan fingerprint density at radius 2 is 1.76 bits per heavy atom. The van der Waals surface area contributed by atoms with Crippen molar-refractivity contribution in [2.75, 3.05) is 31.5 Å². The molecule has 1 aromatic carbocycles. The normalized spacial score (nSPS) is 15.6. The molecule has 1 aliphatic heterocycles. The van der Waals surface area contributed by atoms with E-state index in [1.165, 1.54) is 15.6 Å². The van der Waals surface area contributed by atoms with E-state index < -0.39 is 0 Å². The minimum Gasteiger partial charge on any atom is -0.322 e. The van der Waals surface area contributed by atoms with Crippen LogP contribution in [0.2, 0.25) is 0 Å². The van der Waals surface area contributed by atoms with E-state index in [0.717, 1.165) is 26.2 Å². The monoisotopic (exact) mass is 344 g/mol. The minimum absolute atomic E-state index is 0.0915. The molecule has 2 amide bonds. The van der Waals surface area contributed by atoms with Crippen molar-refractivity contribution < 1.29 is 4.79 Å². The summed E-state index contributed by atoms with van der Waals surface area (Å²) < 4.78 is 2.73. The van der Waals surface area contributed by atoms with Crippen molar-refractivity contribution in [3.05, 3.63) is 41.1 Å². The molecule has 0 saturated carbocycles. The predicted molar refractivity (Wildman–Crippen MR) is 96.1 cm³/mol. The van der Waals surface area contributed by atoms with E-state index in [9.17, 15) is 9.59 Å². The third kappa shape index (κ3) is 3.74. The fourth-order valence-corrected chi connectivity index (χ4v) is 2.88. The van der Waals surface area contributed by atoms with E-state index in [2.05, 4.69) is 29.2 Å². The number of nitrogens with zero attached hydrogens (tertiary/aromatic N) is 5. The maximum Gasteiger partial charge on any atom is 0.350 e. The maximum absolute atomic E-state index is 12.4. The molecule has 1 saturated heterocycles. The fraction of sp³-hybridized carbons (Fsp3) is 0.471. The smallest absolute Gasteiger partial charge is 0.322 e. The Morgan fingerprint density at radius 1 is 1.12 bits per heavy atom. The highest BCUT2D eigenvalue weighted by atomic mass is 16.2. The van der Waals surface area contributed by atoms with Crippen LogP contribution in [0.5, 0.6) is 0 Å². The van der Waals surface area contributed by atoms with Gasteiger partial charge >= 0.3 is 11.7 Å². The van der Waals surface area contributed by atoms with E-state index in [4.69, 9.17) is 0 Å². The molecule has 3 rings (SSSR count). The SMILES string of the molecule is CC(C)N1CCN(C(=O)Nc2ccc(-n3ncn(C)c3=O)cc2)CC1. The van der Waals surface area contributed by atoms with Crippen molar-refractivity contribution in [1.82, 2.24) is 24.1 Å². The third-order valence-electron chi connectivity index (χ3n) is 4.52. The number of aryl methyl sites for hydroxylation is 1. The molecule has 0 bridgehead atoms. The number of amides is 2. The van der Waals surface area contributed by atoms with Gasteiger partial charge in [-0.15, -0.1) is 0 Å². The zero-order valence-electron chi connectivity index (χ0n) is 14.8. The van der Waals surface area contributed by atoms with Gasteiger partial charge in [-0.2, -0.15) is 9.78 Å². The highest BCUT2D eigenvalue weighted by Crippen LogP contribution is 2.13. The third-order valence-corrected chi connectivity index (χ3v) is 4.52. The number of hydrogen-bond donors (Lipinski definition) is 1. The Kier molecular flexibility index (Phi) is 4.89. The second kappa shape index (κ2) is 7.10. The summed E-state index contributed by atoms with van der Waals surface area (Å²) in [5.41, 5.74) is 1.15. The second-order valence-corrected chi connectivity index (χ2v) is 6.53. The van der Waals surface area contributed by atoms with Crippen molar-refractivity contribution in [2.24, 2.45) is 7.05 Å². The van der Waals surface area contributed by atoms with E-state index in [1.54, 1.807) is 31.3 Å². The topological polar surface area (TPSA) is 75.4 Å². The van der Waals surface area contributed by atoms with Gasteiger partial charge in [-0.1, -0.05) is 0 Å². The lowest BCUT2D eigenvalue weighted by molar-refractivity contribution is 0.125. The molecule has 2 aromatic rings. The van der Waals surface area contributed by atoms with Gasteiger partial charge in [0.1, 0.15) is 6.33 Å². The molecule has 8 heteroatoms. The first-order valence-corrected chi connectivity index (χ1v) is 8.47. The number of aromatic nitrogens is 3. The summed E-state index contributed by atoms with van der Waals surface area (Å²) in [6.07, 6.45) is 1.47. The summed E-state index contributed by atoms with van der Waals surface area (Å²) in [7, 11) is 1.65. The molecule has 1 N–H and O–H groups in total. The van der Waals surface area contributed by atoms with Gasteiger partial charge in [0.15, 0.2) is 0 Å². The van der Waals surface area contributed by atoms with Gasteiger partial charge in [0.2, 0.25) is 0 Å². The van der Waals surface area contributed by atoms with Crippen molar-refractivity contribution in [3.8, 4) is 5.69 Å². The van der Waals surface area contributed by atoms with Crippen molar-refractivity contribution in [1.29, 1.82) is 0 Å². The van der Waals surface area contributed by atoms with Gasteiger partial charge in [0.05, 0.1) is 5.69 Å². The van der Waals surface area contributed by atoms with Crippen LogP contribution in [0.4, 0.5) is 10.5 Å². The first kappa shape index (κ1) is 17.2. The van der Waals surface area contributed by atoms with Crippen LogP contribution in [0.25, 0.3) is 5.69 Å². The van der Waals surface area contributed by atoms with E-state index in [0.29, 0.717) is 17.4 Å². The Balaban J connectivity index is 1.61. The largest absolute Gasteiger partial charge is 0.350 e. The van der Waals surface area contributed by atoms with E-state index in [1.807, 2.05) is 4.90 Å². The molecule has 134 valence electrons. The standard InChI is InChI=1S/C17H24N6O2/c1-13(2)21-8-10-22(11-9-21)16(24)19-14-4-6-15(7-5-14)23-17(25)20(3)12-18-23/h4-7,12-13H,8-11H2,1-3H3,(H,19,24). The molecule has 1 aromatic heterocycles. The minimum atomic E-state index is -0.209. The molecule has 2 heterocycles. The van der Waals surface area contributed by atoms with Crippen molar-refractivity contribution in [2.45, 2.75) is 19.9 Å². The lowest BCUT2D eigenvalue weighted by Gasteiger charge is -2.36. The van der Waals surface area contributed by atoms with Crippen LogP contribution in [0.15, 0.2) is 35.4 Å². The van der Waals surface area contributed by atoms with Crippen molar-refractivity contribution >= 4 is 11.7 Å². The molecule has 0 atom stereocenters. The number of nitrogens with one attached hydrogen (secondary N) is 1. The lowest BCUT2D eigenvalue weighted by atomic mass is 10.2. The maximum atomic E-state index is 12.4. The average molecular weight is 344 g/mol. The molecule has 0 aliphatic carbocycles. The molecule has 8 nitrogen and oxygen atoms in total. The van der Waals surface area contributed by atoms with Gasteiger partial charge in [0.25, 0.3) is 0 Å². The Morgan fingerprint density at radius 3 is 2.28 bits per heavy atom.